The van der Waals surface area contributed by atoms with Gasteiger partial charge in [-0.1, -0.05) is 27.7 Å². The smallest absolute Gasteiger partial charge is 0.239 e. The molecule has 0 aliphatic carbocycles. The minimum absolute atomic E-state index is 0.252. The van der Waals surface area contributed by atoms with Gasteiger partial charge < -0.3 is 0 Å². The molecule has 0 saturated carbocycles. The number of rotatable bonds is 8. The molecule has 0 spiro atoms. The van der Waals surface area contributed by atoms with Crippen LogP contribution in [0.5, 0.6) is 0 Å². The number of nitro groups is 1. The van der Waals surface area contributed by atoms with Crippen molar-refractivity contribution >= 4 is 0 Å². The summed E-state index contributed by atoms with van der Waals surface area (Å²) in [6.07, 6.45) is 6.89. The summed E-state index contributed by atoms with van der Waals surface area (Å²) < 4.78 is 0. The fourth-order valence-electron chi connectivity index (χ4n) is 3.51. The molecule has 0 aliphatic heterocycles. The Kier molecular flexibility index (Phi) is 10.6. The maximum Gasteiger partial charge on any atom is 0.239 e. The maximum absolute atomic E-state index is 10.6. The predicted molar refractivity (Wildman–Crippen MR) is 118 cm³/mol. The van der Waals surface area contributed by atoms with Crippen LogP contribution in [0.15, 0.2) is 11.8 Å². The van der Waals surface area contributed by atoms with Crippen LogP contribution in [0.4, 0.5) is 0 Å². The molecule has 0 N–H and O–H groups in total. The number of benzene rings is 1. The minimum atomic E-state index is -0.307. The first-order valence-electron chi connectivity index (χ1n) is 10.3. The van der Waals surface area contributed by atoms with Crippen molar-refractivity contribution in [2.45, 2.75) is 101 Å². The Hall–Kier alpha value is -1.64. The summed E-state index contributed by atoms with van der Waals surface area (Å²) in [7, 11) is 0. The van der Waals surface area contributed by atoms with E-state index in [1.54, 1.807) is 13.0 Å². The van der Waals surface area contributed by atoms with Crippen LogP contribution in [-0.2, 0) is 6.42 Å². The Bertz CT molecular complexity index is 640. The van der Waals surface area contributed by atoms with Crippen molar-refractivity contribution in [1.82, 2.24) is 0 Å². The molecule has 0 amide bonds. The minimum Gasteiger partial charge on any atom is -0.259 e. The van der Waals surface area contributed by atoms with E-state index in [2.05, 4.69) is 48.5 Å². The van der Waals surface area contributed by atoms with Gasteiger partial charge in [0, 0.05) is 6.92 Å². The molecule has 0 unspecified atom stereocenters. The van der Waals surface area contributed by atoms with Crippen LogP contribution in [0.2, 0.25) is 0 Å². The molecule has 154 valence electrons. The number of unbranched alkanes of at least 4 members (excludes halogenated alkanes) is 1. The molecule has 1 aromatic carbocycles. The van der Waals surface area contributed by atoms with Gasteiger partial charge in [-0.25, -0.2) is 0 Å². The van der Waals surface area contributed by atoms with E-state index in [1.165, 1.54) is 33.4 Å². The largest absolute Gasteiger partial charge is 0.259 e. The number of hydrogen-bond donors (Lipinski definition) is 0. The highest BCUT2D eigenvalue weighted by molar-refractivity contribution is 5.49. The van der Waals surface area contributed by atoms with Crippen LogP contribution in [0, 0.1) is 50.1 Å². The van der Waals surface area contributed by atoms with E-state index in [1.807, 2.05) is 13.8 Å². The highest BCUT2D eigenvalue weighted by Crippen LogP contribution is 2.33. The van der Waals surface area contributed by atoms with E-state index < -0.39 is 0 Å². The molecular weight excluding hydrogens is 334 g/mol. The molecule has 0 fully saturated rings. The summed E-state index contributed by atoms with van der Waals surface area (Å²) in [6, 6.07) is 0. The standard InChI is InChI=1S/C22H35NO2.C2H6/c1-15(23(24)25)11-9-10-13-22(7,8)14-12-21-19(5)17(3)16(2)18(4)20(21)6;1-2/h11H,9-10,12-14H2,1-8H3;1-2H3/b15-11+;. The zero-order valence-corrected chi connectivity index (χ0v) is 19.4. The normalized spacial score (nSPS) is 11.9. The third kappa shape index (κ3) is 7.48. The molecule has 0 aromatic heterocycles. The summed E-state index contributed by atoms with van der Waals surface area (Å²) in [4.78, 5) is 10.3. The van der Waals surface area contributed by atoms with Gasteiger partial charge in [-0.05, 0) is 112 Å². The van der Waals surface area contributed by atoms with Gasteiger partial charge in [-0.3, -0.25) is 10.1 Å². The topological polar surface area (TPSA) is 43.1 Å². The van der Waals surface area contributed by atoms with Crippen molar-refractivity contribution < 1.29 is 4.92 Å². The summed E-state index contributed by atoms with van der Waals surface area (Å²) >= 11 is 0. The molecule has 3 heteroatoms. The van der Waals surface area contributed by atoms with Gasteiger partial charge >= 0.3 is 0 Å². The average molecular weight is 376 g/mol. The lowest BCUT2D eigenvalue weighted by atomic mass is 9.79. The second-order valence-corrected chi connectivity index (χ2v) is 8.26. The fourth-order valence-corrected chi connectivity index (χ4v) is 3.51. The van der Waals surface area contributed by atoms with E-state index in [0.717, 1.165) is 32.1 Å². The van der Waals surface area contributed by atoms with Gasteiger partial charge in [-0.15, -0.1) is 0 Å². The van der Waals surface area contributed by atoms with Crippen molar-refractivity contribution in [1.29, 1.82) is 0 Å². The van der Waals surface area contributed by atoms with Gasteiger partial charge in [-0.2, -0.15) is 0 Å². The first kappa shape index (κ1) is 25.4. The number of nitrogens with zero attached hydrogens (tertiary/aromatic N) is 1. The Labute approximate surface area is 167 Å². The molecule has 3 nitrogen and oxygen atoms in total. The lowest BCUT2D eigenvalue weighted by Gasteiger charge is -2.26. The van der Waals surface area contributed by atoms with Gasteiger partial charge in [0.25, 0.3) is 0 Å². The van der Waals surface area contributed by atoms with E-state index in [-0.39, 0.29) is 16.0 Å². The van der Waals surface area contributed by atoms with Crippen molar-refractivity contribution in [3.63, 3.8) is 0 Å². The SMILES string of the molecule is C/C(=C\CCCC(C)(C)CCc1c(C)c(C)c(C)c(C)c1C)[N+](=O)[O-].CC. The maximum atomic E-state index is 10.6. The molecule has 0 atom stereocenters. The zero-order chi connectivity index (χ0) is 21.4. The Morgan fingerprint density at radius 2 is 1.37 bits per heavy atom. The Balaban J connectivity index is 0.00000326. The first-order chi connectivity index (χ1) is 12.5. The molecule has 27 heavy (non-hydrogen) atoms. The van der Waals surface area contributed by atoms with Crippen LogP contribution >= 0.6 is 0 Å². The van der Waals surface area contributed by atoms with E-state index in [4.69, 9.17) is 0 Å². The molecular formula is C24H41NO2. The number of allylic oxidation sites excluding steroid dienone is 2. The fraction of sp³-hybridized carbons (Fsp3) is 0.667. The van der Waals surface area contributed by atoms with Crippen LogP contribution in [-0.4, -0.2) is 4.92 Å². The van der Waals surface area contributed by atoms with E-state index in [9.17, 15) is 10.1 Å². The molecule has 0 bridgehead atoms. The van der Waals surface area contributed by atoms with Crippen LogP contribution in [0.25, 0.3) is 0 Å². The van der Waals surface area contributed by atoms with Gasteiger partial charge in [0.15, 0.2) is 0 Å². The van der Waals surface area contributed by atoms with Gasteiger partial charge in [0.2, 0.25) is 5.70 Å². The molecule has 0 saturated heterocycles. The lowest BCUT2D eigenvalue weighted by molar-refractivity contribution is -0.424. The van der Waals surface area contributed by atoms with Crippen molar-refractivity contribution in [2.24, 2.45) is 5.41 Å². The van der Waals surface area contributed by atoms with E-state index in [0.29, 0.717) is 0 Å². The Morgan fingerprint density at radius 3 is 1.81 bits per heavy atom. The quantitative estimate of drug-likeness (QED) is 0.267. The lowest BCUT2D eigenvalue weighted by Crippen LogP contribution is -2.14. The summed E-state index contributed by atoms with van der Waals surface area (Å²) in [6.45, 7) is 21.4. The Morgan fingerprint density at radius 1 is 0.926 bits per heavy atom. The second kappa shape index (κ2) is 11.3. The highest BCUT2D eigenvalue weighted by Gasteiger charge is 2.20. The molecule has 1 aromatic rings. The summed E-state index contributed by atoms with van der Waals surface area (Å²) in [5.74, 6) is 0. The van der Waals surface area contributed by atoms with Gasteiger partial charge in [0.05, 0.1) is 4.92 Å². The first-order valence-corrected chi connectivity index (χ1v) is 10.3. The van der Waals surface area contributed by atoms with Crippen molar-refractivity contribution in [3.05, 3.63) is 55.3 Å². The molecule has 0 aliphatic rings. The second-order valence-electron chi connectivity index (χ2n) is 8.26. The zero-order valence-electron chi connectivity index (χ0n) is 19.4. The van der Waals surface area contributed by atoms with E-state index >= 15 is 0 Å². The van der Waals surface area contributed by atoms with Gasteiger partial charge in [0.1, 0.15) is 0 Å². The summed E-state index contributed by atoms with van der Waals surface area (Å²) in [5.41, 5.74) is 9.19. The van der Waals surface area contributed by atoms with Crippen LogP contribution < -0.4 is 0 Å². The van der Waals surface area contributed by atoms with Crippen LogP contribution in [0.1, 0.15) is 93.7 Å². The van der Waals surface area contributed by atoms with Crippen molar-refractivity contribution in [3.8, 4) is 0 Å². The molecule has 1 rings (SSSR count). The van der Waals surface area contributed by atoms with Crippen LogP contribution in [0.3, 0.4) is 0 Å². The molecule has 0 heterocycles. The molecule has 0 radical (unpaired) electrons. The average Bonchev–Trinajstić information content (AvgIpc) is 2.63. The monoisotopic (exact) mass is 375 g/mol. The third-order valence-electron chi connectivity index (χ3n) is 5.99. The highest BCUT2D eigenvalue weighted by atomic mass is 16.6. The van der Waals surface area contributed by atoms with Crippen molar-refractivity contribution in [2.75, 3.05) is 0 Å². The number of hydrogen-bond acceptors (Lipinski definition) is 2. The predicted octanol–water partition coefficient (Wildman–Crippen LogP) is 7.56. The summed E-state index contributed by atoms with van der Waals surface area (Å²) in [5, 5.41) is 10.6. The third-order valence-corrected chi connectivity index (χ3v) is 5.99.